The number of carbonyl (C=O) groups excluding carboxylic acids is 1. The number of nitrogens with zero attached hydrogens (tertiary/aromatic N) is 4. The third-order valence-corrected chi connectivity index (χ3v) is 3.70. The third-order valence-electron chi connectivity index (χ3n) is 3.70. The molecule has 9 heteroatoms. The van der Waals surface area contributed by atoms with Gasteiger partial charge in [-0.05, 0) is 12.1 Å². The van der Waals surface area contributed by atoms with Gasteiger partial charge in [-0.15, -0.1) is 13.2 Å². The van der Waals surface area contributed by atoms with Crippen LogP contribution in [-0.4, -0.2) is 31.6 Å². The lowest BCUT2D eigenvalue weighted by atomic mass is 10.4. The molecular formula is C17H20N4O5. The van der Waals surface area contributed by atoms with Gasteiger partial charge in [0, 0.05) is 7.05 Å². The van der Waals surface area contributed by atoms with E-state index in [2.05, 4.69) is 13.2 Å². The molecule has 0 radical (unpaired) electrons. The van der Waals surface area contributed by atoms with Crippen molar-refractivity contribution in [3.8, 4) is 0 Å². The van der Waals surface area contributed by atoms with E-state index < -0.39 is 29.5 Å². The maximum Gasteiger partial charge on any atom is 0.337 e. The summed E-state index contributed by atoms with van der Waals surface area (Å²) in [6.45, 7) is 6.53. The van der Waals surface area contributed by atoms with Gasteiger partial charge in [0.1, 0.15) is 12.3 Å². The second-order valence-corrected chi connectivity index (χ2v) is 5.56. The fourth-order valence-corrected chi connectivity index (χ4v) is 2.37. The molecule has 0 unspecified atom stereocenters. The Kier molecular flexibility index (Phi) is 5.94. The summed E-state index contributed by atoms with van der Waals surface area (Å²) in [5, 5.41) is 0. The second kappa shape index (κ2) is 8.15. The summed E-state index contributed by atoms with van der Waals surface area (Å²) in [4.78, 5) is 51.0. The van der Waals surface area contributed by atoms with E-state index >= 15 is 0 Å². The predicted molar refractivity (Wildman–Crippen MR) is 94.8 cm³/mol. The van der Waals surface area contributed by atoms with Crippen molar-refractivity contribution in [3.63, 3.8) is 0 Å². The Balaban J connectivity index is 2.41. The molecule has 0 atom stereocenters. The average molecular weight is 360 g/mol. The highest BCUT2D eigenvalue weighted by Crippen LogP contribution is 2.04. The lowest BCUT2D eigenvalue weighted by molar-refractivity contribution is -0.131. The Labute approximate surface area is 148 Å². The van der Waals surface area contributed by atoms with E-state index in [0.717, 1.165) is 13.7 Å². The van der Waals surface area contributed by atoms with Gasteiger partial charge in [0.2, 0.25) is 5.91 Å². The fourth-order valence-electron chi connectivity index (χ4n) is 2.37. The van der Waals surface area contributed by atoms with Crippen LogP contribution in [-0.2, 0) is 31.0 Å². The number of hydrogen-bond donors (Lipinski definition) is 0. The lowest BCUT2D eigenvalue weighted by Gasteiger charge is -2.17. The van der Waals surface area contributed by atoms with Crippen molar-refractivity contribution in [2.45, 2.75) is 26.2 Å². The van der Waals surface area contributed by atoms with Crippen LogP contribution >= 0.6 is 0 Å². The van der Waals surface area contributed by atoms with Crippen LogP contribution in [0.15, 0.2) is 62.5 Å². The standard InChI is InChI=1S/C17H20N4O5/c1-4-8-19-15(23)20(9-5-2)17(25)21(16(19)24)12-14(22)18(3)11-13-7-6-10-26-13/h4-7,10H,1-2,8-9,11-12H2,3H3. The quantitative estimate of drug-likeness (QED) is 0.607. The zero-order valence-electron chi connectivity index (χ0n) is 14.5. The molecule has 26 heavy (non-hydrogen) atoms. The molecule has 0 aromatic carbocycles. The molecule has 0 aliphatic carbocycles. The van der Waals surface area contributed by atoms with Crippen LogP contribution in [0.2, 0.25) is 0 Å². The molecule has 138 valence electrons. The van der Waals surface area contributed by atoms with Crippen molar-refractivity contribution in [1.82, 2.24) is 18.6 Å². The maximum absolute atomic E-state index is 12.5. The van der Waals surface area contributed by atoms with Crippen molar-refractivity contribution in [1.29, 1.82) is 0 Å². The minimum Gasteiger partial charge on any atom is -0.467 e. The first-order valence-corrected chi connectivity index (χ1v) is 7.83. The largest absolute Gasteiger partial charge is 0.467 e. The molecule has 0 bridgehead atoms. The van der Waals surface area contributed by atoms with E-state index in [9.17, 15) is 19.2 Å². The van der Waals surface area contributed by atoms with Gasteiger partial charge < -0.3 is 9.32 Å². The molecule has 9 nitrogen and oxygen atoms in total. The number of furan rings is 1. The van der Waals surface area contributed by atoms with E-state index in [0.29, 0.717) is 5.76 Å². The molecule has 0 aliphatic heterocycles. The fraction of sp³-hybridized carbons (Fsp3) is 0.294. The Hall–Kier alpha value is -3.36. The maximum atomic E-state index is 12.5. The van der Waals surface area contributed by atoms with Gasteiger partial charge in [-0.2, -0.15) is 0 Å². The van der Waals surface area contributed by atoms with Gasteiger partial charge in [0.25, 0.3) is 0 Å². The monoisotopic (exact) mass is 360 g/mol. The highest BCUT2D eigenvalue weighted by Gasteiger charge is 2.18. The van der Waals surface area contributed by atoms with E-state index in [4.69, 9.17) is 4.42 Å². The summed E-state index contributed by atoms with van der Waals surface area (Å²) in [5.74, 6) is 0.0865. The zero-order valence-corrected chi connectivity index (χ0v) is 14.5. The Bertz CT molecular complexity index is 930. The Morgan fingerprint density at radius 2 is 1.62 bits per heavy atom. The SMILES string of the molecule is C=CCn1c(=O)n(CC=C)c(=O)n(CC(=O)N(C)Cc2ccco2)c1=O. The molecule has 0 aliphatic rings. The van der Waals surface area contributed by atoms with Crippen molar-refractivity contribution in [3.05, 3.63) is 80.9 Å². The van der Waals surface area contributed by atoms with Crippen molar-refractivity contribution in [2.24, 2.45) is 0 Å². The highest BCUT2D eigenvalue weighted by molar-refractivity contribution is 5.75. The van der Waals surface area contributed by atoms with Crippen LogP contribution in [0.1, 0.15) is 5.76 Å². The van der Waals surface area contributed by atoms with Crippen LogP contribution < -0.4 is 17.1 Å². The number of carbonyl (C=O) groups is 1. The predicted octanol–water partition coefficient (Wildman–Crippen LogP) is -0.205. The normalized spacial score (nSPS) is 10.5. The van der Waals surface area contributed by atoms with Gasteiger partial charge in [0.05, 0.1) is 25.9 Å². The van der Waals surface area contributed by atoms with Crippen LogP contribution in [0, 0.1) is 0 Å². The van der Waals surface area contributed by atoms with E-state index in [1.165, 1.54) is 30.4 Å². The Morgan fingerprint density at radius 3 is 2.08 bits per heavy atom. The molecule has 0 saturated carbocycles. The topological polar surface area (TPSA) is 99.4 Å². The van der Waals surface area contributed by atoms with Crippen LogP contribution in [0.25, 0.3) is 0 Å². The zero-order chi connectivity index (χ0) is 19.3. The number of likely N-dealkylation sites (N-methyl/N-ethyl adjacent to an activating group) is 1. The first kappa shape index (κ1) is 19.0. The summed E-state index contributed by atoms with van der Waals surface area (Å²) in [7, 11) is 1.53. The van der Waals surface area contributed by atoms with E-state index in [1.54, 1.807) is 12.1 Å². The molecule has 0 fully saturated rings. The van der Waals surface area contributed by atoms with Gasteiger partial charge in [-0.3, -0.25) is 4.79 Å². The van der Waals surface area contributed by atoms with Crippen molar-refractivity contribution < 1.29 is 9.21 Å². The number of aromatic nitrogens is 3. The summed E-state index contributed by atoms with van der Waals surface area (Å²) in [5.41, 5.74) is -2.49. The summed E-state index contributed by atoms with van der Waals surface area (Å²) in [6.07, 6.45) is 4.21. The number of hydrogen-bond acceptors (Lipinski definition) is 5. The van der Waals surface area contributed by atoms with Gasteiger partial charge in [0.15, 0.2) is 0 Å². The molecule has 0 saturated heterocycles. The van der Waals surface area contributed by atoms with Crippen LogP contribution in [0.4, 0.5) is 0 Å². The first-order valence-electron chi connectivity index (χ1n) is 7.83. The molecule has 0 spiro atoms. The van der Waals surface area contributed by atoms with Crippen LogP contribution in [0.3, 0.4) is 0 Å². The minimum absolute atomic E-state index is 0.0779. The molecule has 0 N–H and O–H groups in total. The summed E-state index contributed by atoms with van der Waals surface area (Å²) in [6, 6.07) is 3.40. The van der Waals surface area contributed by atoms with Crippen molar-refractivity contribution in [2.75, 3.05) is 7.05 Å². The van der Waals surface area contributed by atoms with E-state index in [1.807, 2.05) is 0 Å². The minimum atomic E-state index is -0.861. The second-order valence-electron chi connectivity index (χ2n) is 5.56. The molecule has 2 aromatic heterocycles. The molecule has 2 heterocycles. The van der Waals surface area contributed by atoms with Gasteiger partial charge >= 0.3 is 17.1 Å². The van der Waals surface area contributed by atoms with Gasteiger partial charge in [-0.1, -0.05) is 12.2 Å². The van der Waals surface area contributed by atoms with Crippen molar-refractivity contribution >= 4 is 5.91 Å². The van der Waals surface area contributed by atoms with Crippen LogP contribution in [0.5, 0.6) is 0 Å². The van der Waals surface area contributed by atoms with E-state index in [-0.39, 0.29) is 19.6 Å². The summed E-state index contributed by atoms with van der Waals surface area (Å²) >= 11 is 0. The van der Waals surface area contributed by atoms with Gasteiger partial charge in [-0.25, -0.2) is 28.1 Å². The smallest absolute Gasteiger partial charge is 0.337 e. The Morgan fingerprint density at radius 1 is 1.08 bits per heavy atom. The number of amides is 1. The number of allylic oxidation sites excluding steroid dienone is 2. The number of rotatable bonds is 8. The summed E-state index contributed by atoms with van der Waals surface area (Å²) < 4.78 is 7.60. The molecule has 2 aromatic rings. The first-order chi connectivity index (χ1) is 12.4. The third kappa shape index (κ3) is 3.82. The highest BCUT2D eigenvalue weighted by atomic mass is 16.3. The average Bonchev–Trinajstić information content (AvgIpc) is 3.12. The molecule has 1 amide bonds. The molecule has 2 rings (SSSR count). The molecular weight excluding hydrogens is 340 g/mol. The lowest BCUT2D eigenvalue weighted by Crippen LogP contribution is -2.55.